The number of imide groups is 2. The van der Waals surface area contributed by atoms with Gasteiger partial charge in [-0.05, 0) is 55.0 Å². The highest BCUT2D eigenvalue weighted by atomic mass is 16.5. The van der Waals surface area contributed by atoms with E-state index in [1.54, 1.807) is 73.7 Å². The number of hydrogen-bond donors (Lipinski definition) is 1. The number of carboxylic acid groups (broad SMARTS) is 1. The molecule has 1 fully saturated rings. The van der Waals surface area contributed by atoms with Crippen molar-refractivity contribution in [3.8, 4) is 11.5 Å². The molecule has 0 saturated carbocycles. The van der Waals surface area contributed by atoms with Crippen LogP contribution in [0, 0.1) is 0 Å². The number of rotatable bonds is 8. The van der Waals surface area contributed by atoms with E-state index >= 15 is 0 Å². The third-order valence-corrected chi connectivity index (χ3v) is 5.21. The van der Waals surface area contributed by atoms with E-state index in [-0.39, 0.29) is 23.7 Å². The maximum atomic E-state index is 13.5. The number of carbonyl (C=O) groups excluding carboxylic acids is 3. The summed E-state index contributed by atoms with van der Waals surface area (Å²) in [7, 11) is 0. The molecule has 36 heavy (non-hydrogen) atoms. The van der Waals surface area contributed by atoms with Crippen molar-refractivity contribution in [1.82, 2.24) is 0 Å². The van der Waals surface area contributed by atoms with Gasteiger partial charge in [-0.2, -0.15) is 0 Å². The maximum absolute atomic E-state index is 13.5. The van der Waals surface area contributed by atoms with Crippen molar-refractivity contribution in [3.05, 3.63) is 90.0 Å². The number of barbiturate groups is 1. The van der Waals surface area contributed by atoms with Crippen LogP contribution in [0.2, 0.25) is 0 Å². The van der Waals surface area contributed by atoms with E-state index < -0.39 is 30.4 Å². The van der Waals surface area contributed by atoms with Crippen LogP contribution in [0.4, 0.5) is 16.2 Å². The minimum atomic E-state index is -1.14. The van der Waals surface area contributed by atoms with Crippen molar-refractivity contribution in [2.45, 2.75) is 6.92 Å². The van der Waals surface area contributed by atoms with E-state index in [1.165, 1.54) is 18.2 Å². The van der Waals surface area contributed by atoms with Crippen LogP contribution >= 0.6 is 0 Å². The summed E-state index contributed by atoms with van der Waals surface area (Å²) in [6.07, 6.45) is 1.37. The Morgan fingerprint density at radius 3 is 1.86 bits per heavy atom. The molecule has 3 aromatic carbocycles. The molecule has 4 amide bonds. The lowest BCUT2D eigenvalue weighted by Gasteiger charge is -2.33. The molecular formula is C27H22N2O7. The van der Waals surface area contributed by atoms with Gasteiger partial charge in [-0.25, -0.2) is 19.4 Å². The van der Waals surface area contributed by atoms with Crippen molar-refractivity contribution < 1.29 is 33.8 Å². The Labute approximate surface area is 206 Å². The molecular weight excluding hydrogens is 464 g/mol. The lowest BCUT2D eigenvalue weighted by molar-refractivity contribution is -0.139. The number of anilines is 2. The quantitative estimate of drug-likeness (QED) is 0.376. The summed E-state index contributed by atoms with van der Waals surface area (Å²) < 4.78 is 10.8. The van der Waals surface area contributed by atoms with Crippen molar-refractivity contribution >= 4 is 41.3 Å². The van der Waals surface area contributed by atoms with Gasteiger partial charge in [0.2, 0.25) is 0 Å². The number of carbonyl (C=O) groups is 4. The average Bonchev–Trinajstić information content (AvgIpc) is 2.87. The van der Waals surface area contributed by atoms with Crippen LogP contribution in [-0.4, -0.2) is 42.1 Å². The summed E-state index contributed by atoms with van der Waals surface area (Å²) in [5.41, 5.74) is 0.829. The van der Waals surface area contributed by atoms with Crippen molar-refractivity contribution in [2.75, 3.05) is 23.0 Å². The smallest absolute Gasteiger partial charge is 0.343 e. The third kappa shape index (κ3) is 4.95. The lowest BCUT2D eigenvalue weighted by atomic mass is 10.0. The van der Waals surface area contributed by atoms with Crippen LogP contribution in [0.5, 0.6) is 11.5 Å². The first-order valence-electron chi connectivity index (χ1n) is 11.1. The molecule has 0 unspecified atom stereocenters. The second-order valence-electron chi connectivity index (χ2n) is 7.61. The molecule has 0 aromatic heterocycles. The predicted molar refractivity (Wildman–Crippen MR) is 132 cm³/mol. The molecule has 4 rings (SSSR count). The number of carboxylic acids is 1. The van der Waals surface area contributed by atoms with E-state index in [0.717, 1.165) is 9.80 Å². The molecule has 9 nitrogen and oxygen atoms in total. The minimum absolute atomic E-state index is 0.203. The van der Waals surface area contributed by atoms with Crippen LogP contribution in [0.3, 0.4) is 0 Å². The van der Waals surface area contributed by atoms with E-state index in [2.05, 4.69) is 0 Å². The van der Waals surface area contributed by atoms with Gasteiger partial charge in [-0.15, -0.1) is 0 Å². The number of aliphatic carboxylic acids is 1. The summed E-state index contributed by atoms with van der Waals surface area (Å²) in [6.45, 7) is 1.47. The number of hydrogen-bond acceptors (Lipinski definition) is 6. The summed E-state index contributed by atoms with van der Waals surface area (Å²) in [4.78, 5) is 53.0. The van der Waals surface area contributed by atoms with E-state index in [0.29, 0.717) is 16.9 Å². The second kappa shape index (κ2) is 10.6. The fourth-order valence-corrected chi connectivity index (χ4v) is 3.65. The molecule has 0 atom stereocenters. The molecule has 3 aromatic rings. The van der Waals surface area contributed by atoms with Crippen molar-refractivity contribution in [2.24, 2.45) is 0 Å². The Morgan fingerprint density at radius 1 is 0.806 bits per heavy atom. The zero-order valence-electron chi connectivity index (χ0n) is 19.3. The Balaban J connectivity index is 1.79. The monoisotopic (exact) mass is 486 g/mol. The average molecular weight is 486 g/mol. The van der Waals surface area contributed by atoms with Gasteiger partial charge in [0.05, 0.1) is 18.0 Å². The molecule has 0 bridgehead atoms. The molecule has 0 spiro atoms. The van der Waals surface area contributed by atoms with Crippen molar-refractivity contribution in [1.29, 1.82) is 0 Å². The zero-order valence-corrected chi connectivity index (χ0v) is 19.3. The Morgan fingerprint density at radius 2 is 1.36 bits per heavy atom. The van der Waals surface area contributed by atoms with Crippen LogP contribution in [0.25, 0.3) is 6.08 Å². The normalized spacial score (nSPS) is 13.6. The predicted octanol–water partition coefficient (Wildman–Crippen LogP) is 4.13. The summed E-state index contributed by atoms with van der Waals surface area (Å²) >= 11 is 0. The number of amides is 4. The zero-order chi connectivity index (χ0) is 25.7. The standard InChI is InChI=1S/C27H22N2O7/c1-2-35-23-16-18(13-14-22(23)36-17-24(30)31)15-21-25(32)28(19-9-5-3-6-10-19)27(34)29(26(21)33)20-11-7-4-8-12-20/h3-16H,2,17H2,1H3,(H,30,31). The molecule has 1 aliphatic rings. The van der Waals surface area contributed by atoms with Crippen LogP contribution < -0.4 is 19.3 Å². The van der Waals surface area contributed by atoms with Crippen LogP contribution in [0.15, 0.2) is 84.4 Å². The number of ether oxygens (including phenoxy) is 2. The van der Waals surface area contributed by atoms with Gasteiger partial charge in [0, 0.05) is 0 Å². The number of nitrogens with zero attached hydrogens (tertiary/aromatic N) is 2. The number of para-hydroxylation sites is 2. The Bertz CT molecular complexity index is 1270. The van der Waals surface area contributed by atoms with E-state index in [4.69, 9.17) is 14.6 Å². The van der Waals surface area contributed by atoms with Gasteiger partial charge in [-0.1, -0.05) is 42.5 Å². The Hall–Kier alpha value is -4.92. The molecule has 0 radical (unpaired) electrons. The van der Waals surface area contributed by atoms with Crippen LogP contribution in [0.1, 0.15) is 12.5 Å². The van der Waals surface area contributed by atoms with Gasteiger partial charge < -0.3 is 14.6 Å². The van der Waals surface area contributed by atoms with Gasteiger partial charge in [-0.3, -0.25) is 9.59 Å². The van der Waals surface area contributed by atoms with Gasteiger partial charge in [0.1, 0.15) is 5.57 Å². The highest BCUT2D eigenvalue weighted by molar-refractivity contribution is 6.46. The highest BCUT2D eigenvalue weighted by Gasteiger charge is 2.43. The first-order valence-corrected chi connectivity index (χ1v) is 11.1. The number of benzene rings is 3. The van der Waals surface area contributed by atoms with Gasteiger partial charge >= 0.3 is 12.0 Å². The Kier molecular flexibility index (Phi) is 7.10. The molecule has 0 aliphatic carbocycles. The molecule has 1 saturated heterocycles. The first kappa shape index (κ1) is 24.2. The van der Waals surface area contributed by atoms with Crippen molar-refractivity contribution in [3.63, 3.8) is 0 Å². The molecule has 1 N–H and O–H groups in total. The summed E-state index contributed by atoms with van der Waals surface area (Å²) in [6, 6.07) is 20.5. The third-order valence-electron chi connectivity index (χ3n) is 5.21. The SMILES string of the molecule is CCOc1cc(C=C2C(=O)N(c3ccccc3)C(=O)N(c3ccccc3)C2=O)ccc1OCC(=O)O. The number of urea groups is 1. The molecule has 1 aliphatic heterocycles. The second-order valence-corrected chi connectivity index (χ2v) is 7.61. The summed E-state index contributed by atoms with van der Waals surface area (Å²) in [5, 5.41) is 8.90. The van der Waals surface area contributed by atoms with Gasteiger partial charge in [0.15, 0.2) is 18.1 Å². The maximum Gasteiger partial charge on any atom is 0.343 e. The fourth-order valence-electron chi connectivity index (χ4n) is 3.65. The van der Waals surface area contributed by atoms with E-state index in [9.17, 15) is 19.2 Å². The van der Waals surface area contributed by atoms with E-state index in [1.807, 2.05) is 0 Å². The van der Waals surface area contributed by atoms with Gasteiger partial charge in [0.25, 0.3) is 11.8 Å². The lowest BCUT2D eigenvalue weighted by Crippen LogP contribution is -2.57. The molecule has 182 valence electrons. The summed E-state index contributed by atoms with van der Waals surface area (Å²) in [5.74, 6) is -2.23. The fraction of sp³-hybridized carbons (Fsp3) is 0.111. The minimum Gasteiger partial charge on any atom is -0.490 e. The molecule has 9 heteroatoms. The van der Waals surface area contributed by atoms with Crippen LogP contribution in [-0.2, 0) is 14.4 Å². The largest absolute Gasteiger partial charge is 0.490 e. The molecule has 1 heterocycles. The highest BCUT2D eigenvalue weighted by Crippen LogP contribution is 2.32. The first-order chi connectivity index (χ1) is 17.4. The topological polar surface area (TPSA) is 113 Å².